The molecule has 0 saturated heterocycles. The second kappa shape index (κ2) is 3.45. The van der Waals surface area contributed by atoms with E-state index >= 15 is 0 Å². The largest absolute Gasteiger partial charge is 0.276 e. The van der Waals surface area contributed by atoms with Gasteiger partial charge >= 0.3 is 0 Å². The van der Waals surface area contributed by atoms with Gasteiger partial charge < -0.3 is 0 Å². The Balaban J connectivity index is 2.66. The average molecular weight is 269 g/mol. The molecule has 0 N–H and O–H groups in total. The first-order chi connectivity index (χ1) is 8.08. The van der Waals surface area contributed by atoms with E-state index in [1.165, 1.54) is 9.20 Å². The second-order valence-corrected chi connectivity index (χ2v) is 4.37. The summed E-state index contributed by atoms with van der Waals surface area (Å²) in [4.78, 5) is 12.0. The molecule has 3 rings (SSSR count). The van der Waals surface area contributed by atoms with Crippen LogP contribution in [0.2, 0.25) is 10.3 Å². The lowest BCUT2D eigenvalue weighted by Gasteiger charge is -1.98. The number of rotatable bonds is 0. The quantitative estimate of drug-likeness (QED) is 0.626. The van der Waals surface area contributed by atoms with Gasteiger partial charge in [0.2, 0.25) is 0 Å². The number of hydrogen-bond donors (Lipinski definition) is 0. The molecule has 0 saturated carbocycles. The molecule has 0 aliphatic heterocycles. The van der Waals surface area contributed by atoms with Crippen LogP contribution in [0, 0.1) is 0 Å². The molecule has 0 aromatic carbocycles. The summed E-state index contributed by atoms with van der Waals surface area (Å²) < 4.78 is 2.74. The normalized spacial score (nSPS) is 11.5. The smallest absolute Gasteiger partial charge is 0.267 e. The fraction of sp³-hybridized carbons (Fsp3) is 0.100. The van der Waals surface area contributed by atoms with Crippen molar-refractivity contribution in [3.8, 4) is 0 Å². The molecule has 7 heteroatoms. The van der Waals surface area contributed by atoms with Gasteiger partial charge in [-0.15, -0.1) is 0 Å². The zero-order valence-corrected chi connectivity index (χ0v) is 10.2. The van der Waals surface area contributed by atoms with Crippen molar-refractivity contribution in [2.75, 3.05) is 0 Å². The molecule has 0 fully saturated rings. The molecule has 86 valence electrons. The lowest BCUT2D eigenvalue weighted by molar-refractivity contribution is 0.719. The minimum Gasteiger partial charge on any atom is -0.267 e. The fourth-order valence-corrected chi connectivity index (χ4v) is 2.21. The first-order valence-corrected chi connectivity index (χ1v) is 5.54. The Labute approximate surface area is 105 Å². The monoisotopic (exact) mass is 268 g/mol. The number of fused-ring (bicyclic) bond motifs is 3. The van der Waals surface area contributed by atoms with Gasteiger partial charge in [0, 0.05) is 18.6 Å². The van der Waals surface area contributed by atoms with E-state index < -0.39 is 0 Å². The number of aryl methyl sites for hydroxylation is 1. The van der Waals surface area contributed by atoms with Gasteiger partial charge in [0.15, 0.2) is 5.15 Å². The Morgan fingerprint density at radius 2 is 2.00 bits per heavy atom. The summed E-state index contributed by atoms with van der Waals surface area (Å²) in [5.74, 6) is 0. The minimum absolute atomic E-state index is 0.212. The van der Waals surface area contributed by atoms with Gasteiger partial charge in [-0.3, -0.25) is 4.79 Å². The SMILES string of the molecule is Cn1nc(Cl)c2cn3nc(Cl)ccc3c2c1=O. The molecule has 0 unspecified atom stereocenters. The minimum atomic E-state index is -0.212. The molecular weight excluding hydrogens is 263 g/mol. The average Bonchev–Trinajstić information content (AvgIpc) is 2.65. The third kappa shape index (κ3) is 1.43. The summed E-state index contributed by atoms with van der Waals surface area (Å²) in [6.07, 6.45) is 1.65. The van der Waals surface area contributed by atoms with Crippen molar-refractivity contribution in [1.82, 2.24) is 19.4 Å². The zero-order valence-electron chi connectivity index (χ0n) is 8.69. The zero-order chi connectivity index (χ0) is 12.2. The third-order valence-electron chi connectivity index (χ3n) is 2.57. The van der Waals surface area contributed by atoms with Crippen molar-refractivity contribution >= 4 is 39.5 Å². The van der Waals surface area contributed by atoms with E-state index in [4.69, 9.17) is 23.2 Å². The Kier molecular flexibility index (Phi) is 2.14. The van der Waals surface area contributed by atoms with Crippen LogP contribution in [0.15, 0.2) is 23.1 Å². The van der Waals surface area contributed by atoms with Crippen molar-refractivity contribution in [3.05, 3.63) is 39.0 Å². The molecular formula is C10H6Cl2N4O. The predicted octanol–water partition coefficient (Wildman–Crippen LogP) is 1.89. The summed E-state index contributed by atoms with van der Waals surface area (Å²) in [6, 6.07) is 3.36. The van der Waals surface area contributed by atoms with Crippen molar-refractivity contribution in [1.29, 1.82) is 0 Å². The van der Waals surface area contributed by atoms with E-state index in [2.05, 4.69) is 10.2 Å². The van der Waals surface area contributed by atoms with Gasteiger partial charge in [0.05, 0.1) is 10.9 Å². The van der Waals surface area contributed by atoms with Gasteiger partial charge in [0.1, 0.15) is 5.15 Å². The van der Waals surface area contributed by atoms with Crippen LogP contribution >= 0.6 is 23.2 Å². The van der Waals surface area contributed by atoms with E-state index in [1.807, 2.05) is 0 Å². The van der Waals surface area contributed by atoms with Gasteiger partial charge in [-0.1, -0.05) is 23.2 Å². The predicted molar refractivity (Wildman–Crippen MR) is 65.8 cm³/mol. The molecule has 0 aliphatic carbocycles. The summed E-state index contributed by atoms with van der Waals surface area (Å²) >= 11 is 11.8. The highest BCUT2D eigenvalue weighted by molar-refractivity contribution is 6.34. The first-order valence-electron chi connectivity index (χ1n) is 4.78. The highest BCUT2D eigenvalue weighted by Crippen LogP contribution is 2.23. The van der Waals surface area contributed by atoms with Crippen LogP contribution in [0.1, 0.15) is 0 Å². The molecule has 3 aromatic rings. The maximum absolute atomic E-state index is 12.0. The van der Waals surface area contributed by atoms with Crippen LogP contribution in [-0.2, 0) is 7.05 Å². The molecule has 0 bridgehead atoms. The van der Waals surface area contributed by atoms with Crippen LogP contribution < -0.4 is 5.56 Å². The molecule has 0 spiro atoms. The highest BCUT2D eigenvalue weighted by Gasteiger charge is 2.13. The van der Waals surface area contributed by atoms with Gasteiger partial charge in [-0.25, -0.2) is 9.20 Å². The first kappa shape index (κ1) is 10.6. The van der Waals surface area contributed by atoms with E-state index in [-0.39, 0.29) is 10.7 Å². The van der Waals surface area contributed by atoms with E-state index in [1.54, 1.807) is 25.4 Å². The summed E-state index contributed by atoms with van der Waals surface area (Å²) in [7, 11) is 1.56. The third-order valence-corrected chi connectivity index (χ3v) is 3.05. The van der Waals surface area contributed by atoms with E-state index in [9.17, 15) is 4.79 Å². The maximum Gasteiger partial charge on any atom is 0.276 e. The Bertz CT molecular complexity index is 805. The van der Waals surface area contributed by atoms with Gasteiger partial charge in [-0.2, -0.15) is 10.2 Å². The Hall–Kier alpha value is -1.59. The summed E-state index contributed by atoms with van der Waals surface area (Å²) in [6.45, 7) is 0. The molecule has 3 aromatic heterocycles. The molecule has 17 heavy (non-hydrogen) atoms. The summed E-state index contributed by atoms with van der Waals surface area (Å²) in [5, 5.41) is 9.67. The number of hydrogen-bond acceptors (Lipinski definition) is 3. The lowest BCUT2D eigenvalue weighted by Crippen LogP contribution is -2.19. The van der Waals surface area contributed by atoms with Crippen molar-refractivity contribution < 1.29 is 0 Å². The number of aromatic nitrogens is 4. The van der Waals surface area contributed by atoms with Crippen molar-refractivity contribution in [3.63, 3.8) is 0 Å². The van der Waals surface area contributed by atoms with Gasteiger partial charge in [-0.05, 0) is 12.1 Å². The van der Waals surface area contributed by atoms with Crippen molar-refractivity contribution in [2.45, 2.75) is 0 Å². The molecule has 3 heterocycles. The van der Waals surface area contributed by atoms with E-state index in [0.29, 0.717) is 21.4 Å². The van der Waals surface area contributed by atoms with Gasteiger partial charge in [0.25, 0.3) is 5.56 Å². The summed E-state index contributed by atoms with van der Waals surface area (Å²) in [5.41, 5.74) is 0.449. The van der Waals surface area contributed by atoms with Crippen LogP contribution in [0.25, 0.3) is 16.3 Å². The Morgan fingerprint density at radius 1 is 1.24 bits per heavy atom. The molecule has 0 atom stereocenters. The van der Waals surface area contributed by atoms with E-state index in [0.717, 1.165) is 0 Å². The van der Waals surface area contributed by atoms with Crippen LogP contribution in [0.5, 0.6) is 0 Å². The standard InChI is InChI=1S/C10H6Cl2N4O/c1-15-10(17)8-5(9(12)14-15)4-16-6(8)2-3-7(11)13-16/h2-4H,1H3. The highest BCUT2D eigenvalue weighted by atomic mass is 35.5. The lowest BCUT2D eigenvalue weighted by atomic mass is 10.3. The van der Waals surface area contributed by atoms with Crippen molar-refractivity contribution in [2.24, 2.45) is 7.05 Å². The molecule has 5 nitrogen and oxygen atoms in total. The number of nitrogens with zero attached hydrogens (tertiary/aromatic N) is 4. The Morgan fingerprint density at radius 3 is 2.76 bits per heavy atom. The fourth-order valence-electron chi connectivity index (χ4n) is 1.81. The number of halogens is 2. The molecule has 0 amide bonds. The molecule has 0 radical (unpaired) electrons. The maximum atomic E-state index is 12.0. The van der Waals surface area contributed by atoms with Crippen LogP contribution in [-0.4, -0.2) is 19.4 Å². The molecule has 0 aliphatic rings. The topological polar surface area (TPSA) is 52.2 Å². The van der Waals surface area contributed by atoms with Crippen LogP contribution in [0.4, 0.5) is 0 Å². The van der Waals surface area contributed by atoms with Crippen LogP contribution in [0.3, 0.4) is 0 Å². The second-order valence-electron chi connectivity index (χ2n) is 3.62.